The molecule has 0 spiro atoms. The Hall–Kier alpha value is -2.53. The summed E-state index contributed by atoms with van der Waals surface area (Å²) in [5, 5.41) is 5.66. The lowest BCUT2D eigenvalue weighted by Gasteiger charge is -2.08. The Kier molecular flexibility index (Phi) is 3.23. The van der Waals surface area contributed by atoms with Gasteiger partial charge in [0.15, 0.2) is 11.6 Å². The standard InChI is InChI=1S/C18H16N4S/c1-11-9-12(2)22(21-11)17-15-10-13(3)23-18(15)20-16(19-17)14-7-5-4-6-8-14/h4-10H,1-3H3. The largest absolute Gasteiger partial charge is 0.219 e. The Morgan fingerprint density at radius 1 is 0.957 bits per heavy atom. The maximum absolute atomic E-state index is 4.82. The number of nitrogens with zero attached hydrogens (tertiary/aromatic N) is 4. The quantitative estimate of drug-likeness (QED) is 0.547. The molecule has 4 rings (SSSR count). The van der Waals surface area contributed by atoms with Gasteiger partial charge in [-0.3, -0.25) is 0 Å². The Balaban J connectivity index is 2.03. The molecule has 114 valence electrons. The molecular formula is C18H16N4S. The number of aryl methyl sites for hydroxylation is 3. The molecule has 0 unspecified atom stereocenters. The summed E-state index contributed by atoms with van der Waals surface area (Å²) >= 11 is 1.69. The van der Waals surface area contributed by atoms with Crippen molar-refractivity contribution in [3.8, 4) is 17.2 Å². The number of hydrogen-bond acceptors (Lipinski definition) is 4. The molecule has 4 nitrogen and oxygen atoms in total. The van der Waals surface area contributed by atoms with Crippen LogP contribution >= 0.6 is 11.3 Å². The predicted octanol–water partition coefficient (Wildman–Crippen LogP) is 4.47. The van der Waals surface area contributed by atoms with E-state index in [0.29, 0.717) is 0 Å². The molecule has 0 amide bonds. The van der Waals surface area contributed by atoms with Crippen molar-refractivity contribution in [3.05, 3.63) is 58.7 Å². The molecule has 0 aliphatic carbocycles. The van der Waals surface area contributed by atoms with Crippen LogP contribution in [0.15, 0.2) is 42.5 Å². The van der Waals surface area contributed by atoms with E-state index in [0.717, 1.165) is 38.8 Å². The Morgan fingerprint density at radius 2 is 1.74 bits per heavy atom. The van der Waals surface area contributed by atoms with Crippen molar-refractivity contribution in [1.82, 2.24) is 19.7 Å². The van der Waals surface area contributed by atoms with Crippen molar-refractivity contribution in [2.24, 2.45) is 0 Å². The van der Waals surface area contributed by atoms with Crippen molar-refractivity contribution >= 4 is 21.6 Å². The van der Waals surface area contributed by atoms with Crippen molar-refractivity contribution < 1.29 is 0 Å². The fourth-order valence-corrected chi connectivity index (χ4v) is 3.62. The van der Waals surface area contributed by atoms with Crippen LogP contribution in [-0.2, 0) is 0 Å². The highest BCUT2D eigenvalue weighted by Gasteiger charge is 2.15. The second kappa shape index (κ2) is 5.28. The minimum atomic E-state index is 0.738. The minimum absolute atomic E-state index is 0.738. The highest BCUT2D eigenvalue weighted by atomic mass is 32.1. The van der Waals surface area contributed by atoms with Crippen LogP contribution in [0.4, 0.5) is 0 Å². The zero-order chi connectivity index (χ0) is 16.0. The van der Waals surface area contributed by atoms with E-state index in [1.807, 2.05) is 41.9 Å². The highest BCUT2D eigenvalue weighted by Crippen LogP contribution is 2.30. The van der Waals surface area contributed by atoms with Crippen LogP contribution in [0.2, 0.25) is 0 Å². The van der Waals surface area contributed by atoms with Crippen molar-refractivity contribution in [2.75, 3.05) is 0 Å². The molecule has 0 bridgehead atoms. The Bertz CT molecular complexity index is 999. The van der Waals surface area contributed by atoms with E-state index in [9.17, 15) is 0 Å². The van der Waals surface area contributed by atoms with E-state index in [1.165, 1.54) is 4.88 Å². The molecule has 0 radical (unpaired) electrons. The van der Waals surface area contributed by atoms with E-state index in [4.69, 9.17) is 9.97 Å². The number of aromatic nitrogens is 4. The third-order valence-corrected chi connectivity index (χ3v) is 4.68. The van der Waals surface area contributed by atoms with Crippen LogP contribution in [0.1, 0.15) is 16.3 Å². The lowest BCUT2D eigenvalue weighted by Crippen LogP contribution is -2.04. The summed E-state index contributed by atoms with van der Waals surface area (Å²) in [6.07, 6.45) is 0. The van der Waals surface area contributed by atoms with E-state index in [-0.39, 0.29) is 0 Å². The second-order valence-corrected chi connectivity index (χ2v) is 6.89. The smallest absolute Gasteiger partial charge is 0.166 e. The van der Waals surface area contributed by atoms with Crippen molar-refractivity contribution in [2.45, 2.75) is 20.8 Å². The topological polar surface area (TPSA) is 43.6 Å². The fourth-order valence-electron chi connectivity index (χ4n) is 2.75. The average molecular weight is 320 g/mol. The zero-order valence-electron chi connectivity index (χ0n) is 13.2. The van der Waals surface area contributed by atoms with Gasteiger partial charge in [0.2, 0.25) is 0 Å². The molecule has 0 fully saturated rings. The van der Waals surface area contributed by atoms with E-state index in [1.54, 1.807) is 11.3 Å². The van der Waals surface area contributed by atoms with E-state index in [2.05, 4.69) is 31.1 Å². The normalized spacial score (nSPS) is 11.3. The monoisotopic (exact) mass is 320 g/mol. The minimum Gasteiger partial charge on any atom is -0.219 e. The first-order valence-corrected chi connectivity index (χ1v) is 8.31. The third-order valence-electron chi connectivity index (χ3n) is 3.74. The summed E-state index contributed by atoms with van der Waals surface area (Å²) in [5.74, 6) is 1.59. The second-order valence-electron chi connectivity index (χ2n) is 5.65. The number of benzene rings is 1. The van der Waals surface area contributed by atoms with Gasteiger partial charge in [-0.1, -0.05) is 30.3 Å². The summed E-state index contributed by atoms with van der Waals surface area (Å²) in [6.45, 7) is 6.15. The van der Waals surface area contributed by atoms with Gasteiger partial charge in [0.05, 0.1) is 11.1 Å². The van der Waals surface area contributed by atoms with Gasteiger partial charge in [0.1, 0.15) is 4.83 Å². The molecule has 0 atom stereocenters. The number of thiophene rings is 1. The van der Waals surface area contributed by atoms with Crippen LogP contribution in [-0.4, -0.2) is 19.7 Å². The first kappa shape index (κ1) is 14.1. The van der Waals surface area contributed by atoms with E-state index < -0.39 is 0 Å². The van der Waals surface area contributed by atoms with Gasteiger partial charge in [-0.05, 0) is 32.9 Å². The highest BCUT2D eigenvalue weighted by molar-refractivity contribution is 7.18. The molecule has 0 saturated heterocycles. The van der Waals surface area contributed by atoms with Gasteiger partial charge in [-0.2, -0.15) is 5.10 Å². The molecule has 1 aromatic carbocycles. The van der Waals surface area contributed by atoms with Gasteiger partial charge >= 0.3 is 0 Å². The Morgan fingerprint density at radius 3 is 2.43 bits per heavy atom. The van der Waals surface area contributed by atoms with Gasteiger partial charge in [0, 0.05) is 16.1 Å². The molecule has 0 aliphatic rings. The predicted molar refractivity (Wildman–Crippen MR) is 94.2 cm³/mol. The first-order valence-electron chi connectivity index (χ1n) is 7.49. The van der Waals surface area contributed by atoms with Crippen LogP contribution in [0.25, 0.3) is 27.4 Å². The van der Waals surface area contributed by atoms with Crippen molar-refractivity contribution in [1.29, 1.82) is 0 Å². The molecule has 5 heteroatoms. The summed E-state index contributed by atoms with van der Waals surface area (Å²) in [5.41, 5.74) is 3.08. The van der Waals surface area contributed by atoms with Crippen LogP contribution in [0.5, 0.6) is 0 Å². The number of rotatable bonds is 2. The fraction of sp³-hybridized carbons (Fsp3) is 0.167. The number of fused-ring (bicyclic) bond motifs is 1. The Labute approximate surface area is 138 Å². The average Bonchev–Trinajstić information content (AvgIpc) is 3.08. The summed E-state index contributed by atoms with van der Waals surface area (Å²) in [6, 6.07) is 14.3. The molecule has 3 heterocycles. The number of hydrogen-bond donors (Lipinski definition) is 0. The summed E-state index contributed by atoms with van der Waals surface area (Å²) in [7, 11) is 0. The SMILES string of the molecule is Cc1cc(C)n(-c2nc(-c3ccccc3)nc3sc(C)cc23)n1. The van der Waals surface area contributed by atoms with Crippen LogP contribution in [0, 0.1) is 20.8 Å². The first-order chi connectivity index (χ1) is 11.1. The van der Waals surface area contributed by atoms with Crippen molar-refractivity contribution in [3.63, 3.8) is 0 Å². The van der Waals surface area contributed by atoms with Gasteiger partial charge < -0.3 is 0 Å². The van der Waals surface area contributed by atoms with Gasteiger partial charge in [-0.15, -0.1) is 11.3 Å². The van der Waals surface area contributed by atoms with E-state index >= 15 is 0 Å². The maximum Gasteiger partial charge on any atom is 0.166 e. The lowest BCUT2D eigenvalue weighted by atomic mass is 10.2. The lowest BCUT2D eigenvalue weighted by molar-refractivity contribution is 0.812. The molecular weight excluding hydrogens is 304 g/mol. The van der Waals surface area contributed by atoms with Gasteiger partial charge in [0.25, 0.3) is 0 Å². The molecule has 3 aromatic heterocycles. The van der Waals surface area contributed by atoms with Crippen LogP contribution in [0.3, 0.4) is 0 Å². The zero-order valence-corrected chi connectivity index (χ0v) is 14.1. The molecule has 23 heavy (non-hydrogen) atoms. The summed E-state index contributed by atoms with van der Waals surface area (Å²) in [4.78, 5) is 11.8. The molecule has 4 aromatic rings. The molecule has 0 N–H and O–H groups in total. The van der Waals surface area contributed by atoms with Gasteiger partial charge in [-0.25, -0.2) is 14.6 Å². The molecule has 0 aliphatic heterocycles. The van der Waals surface area contributed by atoms with Crippen LogP contribution < -0.4 is 0 Å². The molecule has 0 saturated carbocycles. The maximum atomic E-state index is 4.82. The third kappa shape index (κ3) is 2.43. The summed E-state index contributed by atoms with van der Waals surface area (Å²) < 4.78 is 1.91.